The van der Waals surface area contributed by atoms with Crippen molar-refractivity contribution in [3.63, 3.8) is 0 Å². The first kappa shape index (κ1) is 20.4. The topological polar surface area (TPSA) is 41.9 Å². The van der Waals surface area contributed by atoms with E-state index in [1.807, 2.05) is 26.0 Å². The summed E-state index contributed by atoms with van der Waals surface area (Å²) in [5.41, 5.74) is 3.17. The SMILES string of the molecule is CC.COC1=CC=C2[C@@H](C)N(C)CC[C@]2(c2c(C)ccc(OC)c2O)C1. The summed E-state index contributed by atoms with van der Waals surface area (Å²) in [5, 5.41) is 10.9. The van der Waals surface area contributed by atoms with Crippen LogP contribution in [0.4, 0.5) is 0 Å². The molecular formula is C22H33NO3. The van der Waals surface area contributed by atoms with Crippen LogP contribution in [0.25, 0.3) is 0 Å². The first-order valence-electron chi connectivity index (χ1n) is 9.47. The molecule has 1 aliphatic heterocycles. The minimum atomic E-state index is -0.241. The number of aromatic hydroxyl groups is 1. The van der Waals surface area contributed by atoms with Gasteiger partial charge in [-0.1, -0.05) is 26.0 Å². The number of phenols is 1. The lowest BCUT2D eigenvalue weighted by molar-refractivity contribution is 0.167. The Hall–Kier alpha value is -1.94. The molecule has 2 atom stereocenters. The Bertz CT molecular complexity index is 708. The number of fused-ring (bicyclic) bond motifs is 1. The Balaban J connectivity index is 0.00000117. The van der Waals surface area contributed by atoms with Crippen LogP contribution in [0.15, 0.2) is 35.6 Å². The fourth-order valence-electron chi connectivity index (χ4n) is 4.31. The third kappa shape index (κ3) is 3.23. The average Bonchev–Trinajstić information content (AvgIpc) is 2.66. The predicted molar refractivity (Wildman–Crippen MR) is 107 cm³/mol. The van der Waals surface area contributed by atoms with Gasteiger partial charge in [-0.2, -0.15) is 0 Å². The lowest BCUT2D eigenvalue weighted by Gasteiger charge is -2.49. The van der Waals surface area contributed by atoms with Crippen molar-refractivity contribution in [2.24, 2.45) is 0 Å². The molecule has 1 heterocycles. The zero-order valence-corrected chi connectivity index (χ0v) is 17.2. The Morgan fingerprint density at radius 2 is 1.85 bits per heavy atom. The molecule has 0 radical (unpaired) electrons. The number of likely N-dealkylation sites (tertiary alicyclic amines) is 1. The highest BCUT2D eigenvalue weighted by atomic mass is 16.5. The highest BCUT2D eigenvalue weighted by Crippen LogP contribution is 2.53. The van der Waals surface area contributed by atoms with Gasteiger partial charge in [-0.25, -0.2) is 0 Å². The number of piperidine rings is 1. The van der Waals surface area contributed by atoms with Gasteiger partial charge in [0.05, 0.1) is 20.0 Å². The van der Waals surface area contributed by atoms with Crippen LogP contribution in [0, 0.1) is 6.92 Å². The lowest BCUT2D eigenvalue weighted by Crippen LogP contribution is -2.49. The molecule has 1 aromatic rings. The van der Waals surface area contributed by atoms with Gasteiger partial charge in [-0.15, -0.1) is 0 Å². The Morgan fingerprint density at radius 1 is 1.15 bits per heavy atom. The van der Waals surface area contributed by atoms with Crippen LogP contribution in [0.5, 0.6) is 11.5 Å². The highest BCUT2D eigenvalue weighted by Gasteiger charge is 2.47. The second kappa shape index (κ2) is 8.17. The number of allylic oxidation sites excluding steroid dienone is 3. The summed E-state index contributed by atoms with van der Waals surface area (Å²) in [6.45, 7) is 9.28. The molecule has 1 saturated heterocycles. The van der Waals surface area contributed by atoms with Crippen LogP contribution in [-0.2, 0) is 10.2 Å². The van der Waals surface area contributed by atoms with Crippen molar-refractivity contribution in [2.75, 3.05) is 27.8 Å². The molecule has 0 spiro atoms. The number of likely N-dealkylation sites (N-methyl/N-ethyl adjacent to an activating group) is 1. The lowest BCUT2D eigenvalue weighted by atomic mass is 9.62. The van der Waals surface area contributed by atoms with Gasteiger partial charge in [0.2, 0.25) is 0 Å². The van der Waals surface area contributed by atoms with Crippen molar-refractivity contribution in [1.82, 2.24) is 4.90 Å². The van der Waals surface area contributed by atoms with Crippen molar-refractivity contribution in [1.29, 1.82) is 0 Å². The first-order chi connectivity index (χ1) is 12.4. The molecule has 4 heteroatoms. The molecule has 1 aromatic carbocycles. The Kier molecular flexibility index (Phi) is 6.40. The number of hydrogen-bond acceptors (Lipinski definition) is 4. The molecule has 0 aromatic heterocycles. The smallest absolute Gasteiger partial charge is 0.162 e. The maximum Gasteiger partial charge on any atom is 0.162 e. The maximum atomic E-state index is 10.9. The number of phenolic OH excluding ortho intramolecular Hbond substituents is 1. The number of aryl methyl sites for hydroxylation is 1. The van der Waals surface area contributed by atoms with Gasteiger partial charge in [-0.3, -0.25) is 4.90 Å². The molecule has 1 fully saturated rings. The van der Waals surface area contributed by atoms with Gasteiger partial charge in [0.1, 0.15) is 0 Å². The number of ether oxygens (including phenoxy) is 2. The molecule has 0 bridgehead atoms. The number of hydrogen-bond donors (Lipinski definition) is 1. The van der Waals surface area contributed by atoms with Crippen LogP contribution in [0.2, 0.25) is 0 Å². The van der Waals surface area contributed by atoms with Gasteiger partial charge in [0, 0.05) is 23.4 Å². The first-order valence-corrected chi connectivity index (χ1v) is 9.47. The van der Waals surface area contributed by atoms with E-state index in [-0.39, 0.29) is 11.2 Å². The van der Waals surface area contributed by atoms with Crippen molar-refractivity contribution in [3.8, 4) is 11.5 Å². The highest BCUT2D eigenvalue weighted by molar-refractivity contribution is 5.59. The van der Waals surface area contributed by atoms with Crippen LogP contribution in [0.3, 0.4) is 0 Å². The fourth-order valence-corrected chi connectivity index (χ4v) is 4.31. The quantitative estimate of drug-likeness (QED) is 0.859. The van der Waals surface area contributed by atoms with E-state index in [9.17, 15) is 5.11 Å². The van der Waals surface area contributed by atoms with E-state index >= 15 is 0 Å². The summed E-state index contributed by atoms with van der Waals surface area (Å²) in [7, 11) is 5.47. The van der Waals surface area contributed by atoms with E-state index in [4.69, 9.17) is 9.47 Å². The minimum Gasteiger partial charge on any atom is -0.504 e. The third-order valence-electron chi connectivity index (χ3n) is 5.79. The molecule has 144 valence electrons. The monoisotopic (exact) mass is 359 g/mol. The van der Waals surface area contributed by atoms with E-state index in [0.29, 0.717) is 11.8 Å². The normalized spacial score (nSPS) is 25.3. The predicted octanol–water partition coefficient (Wildman–Crippen LogP) is 4.56. The summed E-state index contributed by atoms with van der Waals surface area (Å²) in [6.07, 6.45) is 5.97. The van der Waals surface area contributed by atoms with Crippen molar-refractivity contribution in [3.05, 3.63) is 46.7 Å². The molecule has 26 heavy (non-hydrogen) atoms. The molecule has 3 rings (SSSR count). The van der Waals surface area contributed by atoms with Crippen LogP contribution >= 0.6 is 0 Å². The van der Waals surface area contributed by atoms with E-state index in [1.54, 1.807) is 14.2 Å². The molecule has 1 N–H and O–H groups in total. The largest absolute Gasteiger partial charge is 0.504 e. The number of nitrogens with zero attached hydrogens (tertiary/aromatic N) is 1. The third-order valence-corrected chi connectivity index (χ3v) is 5.79. The molecule has 0 saturated carbocycles. The summed E-state index contributed by atoms with van der Waals surface area (Å²) < 4.78 is 11.0. The molecule has 4 nitrogen and oxygen atoms in total. The standard InChI is InChI=1S/C20H27NO3.C2H6/c1-13-6-9-17(24-5)19(22)18(13)20-10-11-21(3)14(2)16(20)8-7-15(12-20)23-4;1-2/h6-9,14,22H,10-12H2,1-5H3;1-2H3/t14-,20+;/m1./s1. The molecule has 0 unspecified atom stereocenters. The Morgan fingerprint density at radius 3 is 2.46 bits per heavy atom. The number of benzene rings is 1. The average molecular weight is 360 g/mol. The zero-order valence-electron chi connectivity index (χ0n) is 17.2. The molecule has 0 amide bonds. The van der Waals surface area contributed by atoms with Gasteiger partial charge in [0.15, 0.2) is 11.5 Å². The molecule has 1 aliphatic carbocycles. The maximum absolute atomic E-state index is 10.9. The van der Waals surface area contributed by atoms with E-state index in [2.05, 4.69) is 37.9 Å². The van der Waals surface area contributed by atoms with E-state index < -0.39 is 0 Å². The van der Waals surface area contributed by atoms with E-state index in [0.717, 1.165) is 36.3 Å². The summed E-state index contributed by atoms with van der Waals surface area (Å²) in [4.78, 5) is 2.36. The Labute approximate surface area is 158 Å². The van der Waals surface area contributed by atoms with Gasteiger partial charge >= 0.3 is 0 Å². The van der Waals surface area contributed by atoms with E-state index in [1.165, 1.54) is 5.57 Å². The van der Waals surface area contributed by atoms with Crippen molar-refractivity contribution >= 4 is 0 Å². The van der Waals surface area contributed by atoms with Crippen molar-refractivity contribution in [2.45, 2.75) is 52.0 Å². The summed E-state index contributed by atoms with van der Waals surface area (Å²) in [6, 6.07) is 4.19. The molecule has 2 aliphatic rings. The van der Waals surface area contributed by atoms with Crippen molar-refractivity contribution < 1.29 is 14.6 Å². The summed E-state index contributed by atoms with van der Waals surface area (Å²) in [5.74, 6) is 1.75. The van der Waals surface area contributed by atoms with Gasteiger partial charge < -0.3 is 14.6 Å². The van der Waals surface area contributed by atoms with Crippen LogP contribution < -0.4 is 4.74 Å². The van der Waals surface area contributed by atoms with Crippen LogP contribution in [0.1, 0.15) is 44.7 Å². The number of rotatable bonds is 3. The second-order valence-electron chi connectivity index (χ2n) is 6.93. The number of methoxy groups -OCH3 is 2. The van der Waals surface area contributed by atoms with Crippen LogP contribution in [-0.4, -0.2) is 43.9 Å². The molecular weight excluding hydrogens is 326 g/mol. The fraction of sp³-hybridized carbons (Fsp3) is 0.545. The minimum absolute atomic E-state index is 0.241. The zero-order chi connectivity index (χ0) is 19.5. The van der Waals surface area contributed by atoms with Gasteiger partial charge in [-0.05, 0) is 57.1 Å². The van der Waals surface area contributed by atoms with Gasteiger partial charge in [0.25, 0.3) is 0 Å². The summed E-state index contributed by atoms with van der Waals surface area (Å²) >= 11 is 0. The second-order valence-corrected chi connectivity index (χ2v) is 6.93.